The normalized spacial score (nSPS) is 19.2. The van der Waals surface area contributed by atoms with E-state index in [-0.39, 0.29) is 5.41 Å². The zero-order valence-electron chi connectivity index (χ0n) is 12.4. The summed E-state index contributed by atoms with van der Waals surface area (Å²) < 4.78 is 0. The van der Waals surface area contributed by atoms with Gasteiger partial charge in [-0.3, -0.25) is 11.3 Å². The lowest BCUT2D eigenvalue weighted by molar-refractivity contribution is 0.158. The van der Waals surface area contributed by atoms with Gasteiger partial charge < -0.3 is 0 Å². The van der Waals surface area contributed by atoms with Gasteiger partial charge in [0.1, 0.15) is 0 Å². The van der Waals surface area contributed by atoms with E-state index in [4.69, 9.17) is 5.84 Å². The first-order chi connectivity index (χ1) is 9.19. The molecule has 1 aliphatic rings. The molecule has 1 saturated carbocycles. The van der Waals surface area contributed by atoms with Crippen LogP contribution in [0.5, 0.6) is 0 Å². The van der Waals surface area contributed by atoms with E-state index in [1.165, 1.54) is 44.1 Å². The van der Waals surface area contributed by atoms with Gasteiger partial charge in [-0.2, -0.15) is 0 Å². The maximum atomic E-state index is 5.87. The van der Waals surface area contributed by atoms with E-state index in [1.54, 1.807) is 0 Å². The number of hydrogen-bond donors (Lipinski definition) is 2. The average molecular weight is 260 g/mol. The topological polar surface area (TPSA) is 38.0 Å². The van der Waals surface area contributed by atoms with Crippen LogP contribution in [0.15, 0.2) is 30.3 Å². The number of nitrogens with two attached hydrogens (primary N) is 1. The minimum atomic E-state index is 0.285. The monoisotopic (exact) mass is 260 g/mol. The molecule has 1 atom stereocenters. The van der Waals surface area contributed by atoms with Gasteiger partial charge in [-0.1, -0.05) is 63.4 Å². The lowest BCUT2D eigenvalue weighted by Crippen LogP contribution is -2.55. The van der Waals surface area contributed by atoms with Crippen LogP contribution < -0.4 is 11.3 Å². The summed E-state index contributed by atoms with van der Waals surface area (Å²) in [5, 5.41) is 0. The fourth-order valence-corrected chi connectivity index (χ4v) is 3.42. The van der Waals surface area contributed by atoms with E-state index in [0.29, 0.717) is 6.04 Å². The van der Waals surface area contributed by atoms with Crippen molar-refractivity contribution in [1.82, 2.24) is 5.43 Å². The van der Waals surface area contributed by atoms with Crippen LogP contribution >= 0.6 is 0 Å². The molecule has 2 nitrogen and oxygen atoms in total. The Labute approximate surface area is 117 Å². The largest absolute Gasteiger partial charge is 0.271 e. The third-order valence-corrected chi connectivity index (χ3v) is 4.74. The lowest BCUT2D eigenvalue weighted by atomic mass is 9.59. The van der Waals surface area contributed by atoms with Crippen molar-refractivity contribution >= 4 is 0 Å². The first-order valence-electron chi connectivity index (χ1n) is 7.71. The second kappa shape index (κ2) is 6.53. The summed E-state index contributed by atoms with van der Waals surface area (Å²) in [6.45, 7) is 4.59. The van der Waals surface area contributed by atoms with Gasteiger partial charge >= 0.3 is 0 Å². The van der Waals surface area contributed by atoms with Gasteiger partial charge in [-0.15, -0.1) is 0 Å². The Hall–Kier alpha value is -0.860. The quantitative estimate of drug-likeness (QED) is 0.578. The highest BCUT2D eigenvalue weighted by atomic mass is 15.2. The first kappa shape index (κ1) is 14.5. The predicted molar refractivity (Wildman–Crippen MR) is 81.8 cm³/mol. The van der Waals surface area contributed by atoms with Crippen LogP contribution in [0.2, 0.25) is 0 Å². The van der Waals surface area contributed by atoms with Crippen molar-refractivity contribution in [2.45, 2.75) is 63.8 Å². The van der Waals surface area contributed by atoms with Crippen LogP contribution in [0.1, 0.15) is 57.9 Å². The first-order valence-corrected chi connectivity index (χ1v) is 7.71. The number of hydrazine groups is 1. The van der Waals surface area contributed by atoms with Crippen LogP contribution in [0, 0.1) is 5.92 Å². The van der Waals surface area contributed by atoms with E-state index in [1.807, 2.05) is 0 Å². The summed E-state index contributed by atoms with van der Waals surface area (Å²) in [6.07, 6.45) is 7.62. The molecule has 1 aromatic rings. The average Bonchev–Trinajstić information content (AvgIpc) is 2.36. The minimum absolute atomic E-state index is 0.285. The van der Waals surface area contributed by atoms with Crippen molar-refractivity contribution in [1.29, 1.82) is 0 Å². The molecule has 0 aliphatic heterocycles. The zero-order valence-corrected chi connectivity index (χ0v) is 12.4. The Morgan fingerprint density at radius 1 is 1.16 bits per heavy atom. The Bertz CT molecular complexity index is 368. The smallest absolute Gasteiger partial charge is 0.0307 e. The highest BCUT2D eigenvalue weighted by Gasteiger charge is 2.44. The molecule has 0 saturated heterocycles. The Morgan fingerprint density at radius 3 is 2.32 bits per heavy atom. The Kier molecular flexibility index (Phi) is 5.00. The highest BCUT2D eigenvalue weighted by molar-refractivity contribution is 5.30. The summed E-state index contributed by atoms with van der Waals surface area (Å²) in [7, 11) is 0. The molecule has 2 rings (SSSR count). The molecule has 0 heterocycles. The molecule has 0 amide bonds. The molecule has 19 heavy (non-hydrogen) atoms. The maximum Gasteiger partial charge on any atom is 0.0307 e. The SMILES string of the molecule is CC(C)CCCC(NN)C1(c2ccccc2)CCC1. The number of rotatable bonds is 7. The van der Waals surface area contributed by atoms with Crippen molar-refractivity contribution in [3.8, 4) is 0 Å². The van der Waals surface area contributed by atoms with E-state index in [2.05, 4.69) is 49.6 Å². The molecule has 2 heteroatoms. The summed E-state index contributed by atoms with van der Waals surface area (Å²) in [5.74, 6) is 6.66. The van der Waals surface area contributed by atoms with Gasteiger partial charge in [0.15, 0.2) is 0 Å². The molecule has 0 radical (unpaired) electrons. The Balaban J connectivity index is 2.06. The van der Waals surface area contributed by atoms with Crippen molar-refractivity contribution in [3.63, 3.8) is 0 Å². The van der Waals surface area contributed by atoms with Crippen molar-refractivity contribution in [2.24, 2.45) is 11.8 Å². The molecule has 0 spiro atoms. The summed E-state index contributed by atoms with van der Waals surface area (Å²) in [6, 6.07) is 11.4. The number of nitrogens with one attached hydrogen (secondary N) is 1. The zero-order chi connectivity index (χ0) is 13.7. The fourth-order valence-electron chi connectivity index (χ4n) is 3.42. The van der Waals surface area contributed by atoms with Crippen LogP contribution in [-0.4, -0.2) is 6.04 Å². The molecule has 106 valence electrons. The third kappa shape index (κ3) is 3.18. The van der Waals surface area contributed by atoms with Gasteiger partial charge in [0, 0.05) is 11.5 Å². The number of hydrogen-bond acceptors (Lipinski definition) is 2. The van der Waals surface area contributed by atoms with Gasteiger partial charge in [-0.05, 0) is 30.7 Å². The third-order valence-electron chi connectivity index (χ3n) is 4.74. The second-order valence-corrected chi connectivity index (χ2v) is 6.42. The van der Waals surface area contributed by atoms with E-state index >= 15 is 0 Å². The molecule has 3 N–H and O–H groups in total. The van der Waals surface area contributed by atoms with Crippen molar-refractivity contribution in [2.75, 3.05) is 0 Å². The fraction of sp³-hybridized carbons (Fsp3) is 0.647. The predicted octanol–water partition coefficient (Wildman–Crippen LogP) is 3.77. The Morgan fingerprint density at radius 2 is 1.84 bits per heavy atom. The van der Waals surface area contributed by atoms with Crippen LogP contribution in [0.3, 0.4) is 0 Å². The molecule has 0 bridgehead atoms. The lowest BCUT2D eigenvalue weighted by Gasteiger charge is -2.48. The van der Waals surface area contributed by atoms with Crippen LogP contribution in [0.25, 0.3) is 0 Å². The second-order valence-electron chi connectivity index (χ2n) is 6.42. The van der Waals surface area contributed by atoms with E-state index in [0.717, 1.165) is 5.92 Å². The molecule has 0 aromatic heterocycles. The summed E-state index contributed by atoms with van der Waals surface area (Å²) in [5.41, 5.74) is 4.87. The van der Waals surface area contributed by atoms with Gasteiger partial charge in [0.05, 0.1) is 0 Å². The highest BCUT2D eigenvalue weighted by Crippen LogP contribution is 2.47. The van der Waals surface area contributed by atoms with Crippen LogP contribution in [0.4, 0.5) is 0 Å². The standard InChI is InChI=1S/C17H28N2/c1-14(2)8-6-11-16(19-18)17(12-7-13-17)15-9-4-3-5-10-15/h3-5,9-10,14,16,19H,6-8,11-13,18H2,1-2H3. The van der Waals surface area contributed by atoms with Gasteiger partial charge in [0.2, 0.25) is 0 Å². The molecular weight excluding hydrogens is 232 g/mol. The summed E-state index contributed by atoms with van der Waals surface area (Å²) >= 11 is 0. The molecule has 1 aliphatic carbocycles. The number of benzene rings is 1. The molecule has 1 fully saturated rings. The van der Waals surface area contributed by atoms with Crippen molar-refractivity contribution in [3.05, 3.63) is 35.9 Å². The van der Waals surface area contributed by atoms with Crippen LogP contribution in [-0.2, 0) is 5.41 Å². The maximum absolute atomic E-state index is 5.87. The van der Waals surface area contributed by atoms with E-state index in [9.17, 15) is 0 Å². The van der Waals surface area contributed by atoms with Crippen molar-refractivity contribution < 1.29 is 0 Å². The molecular formula is C17H28N2. The van der Waals surface area contributed by atoms with Gasteiger partial charge in [0.25, 0.3) is 0 Å². The molecule has 1 unspecified atom stereocenters. The summed E-state index contributed by atoms with van der Waals surface area (Å²) in [4.78, 5) is 0. The van der Waals surface area contributed by atoms with Gasteiger partial charge in [-0.25, -0.2) is 0 Å². The van der Waals surface area contributed by atoms with E-state index < -0.39 is 0 Å². The minimum Gasteiger partial charge on any atom is -0.271 e. The molecule has 1 aromatic carbocycles.